The molecule has 1 heterocycles. The Morgan fingerprint density at radius 2 is 1.00 bits per heavy atom. The van der Waals surface area contributed by atoms with Crippen LogP contribution in [-0.4, -0.2) is 0 Å². The molecule has 0 fully saturated rings. The van der Waals surface area contributed by atoms with Crippen LogP contribution < -0.4 is 0 Å². The maximum Gasteiger partial charge on any atom is 0.136 e. The van der Waals surface area contributed by atoms with Crippen LogP contribution in [0, 0.1) is 0 Å². The molecule has 43 heavy (non-hydrogen) atoms. The van der Waals surface area contributed by atoms with Gasteiger partial charge in [0.1, 0.15) is 11.2 Å². The van der Waals surface area contributed by atoms with E-state index in [0.717, 1.165) is 49.2 Å². The van der Waals surface area contributed by atoms with Gasteiger partial charge in [-0.2, -0.15) is 0 Å². The van der Waals surface area contributed by atoms with Crippen molar-refractivity contribution in [2.24, 2.45) is 0 Å². The molecule has 0 saturated carbocycles. The molecule has 1 aromatic heterocycles. The third kappa shape index (κ3) is 3.72. The van der Waals surface area contributed by atoms with Gasteiger partial charge < -0.3 is 4.42 Å². The van der Waals surface area contributed by atoms with Gasteiger partial charge in [0.2, 0.25) is 0 Å². The van der Waals surface area contributed by atoms with Crippen molar-refractivity contribution in [3.8, 4) is 33.4 Å². The lowest BCUT2D eigenvalue weighted by Crippen LogP contribution is -1.91. The van der Waals surface area contributed by atoms with Crippen molar-refractivity contribution in [1.29, 1.82) is 0 Å². The van der Waals surface area contributed by atoms with Crippen molar-refractivity contribution >= 4 is 54.3 Å². The summed E-state index contributed by atoms with van der Waals surface area (Å²) in [5.41, 5.74) is 6.04. The van der Waals surface area contributed by atoms with Gasteiger partial charge in [0.05, 0.1) is 6.85 Å². The number of hydrogen-bond donors (Lipinski definition) is 0. The second-order valence-corrected chi connectivity index (χ2v) is 10.9. The van der Waals surface area contributed by atoms with Crippen LogP contribution in [0.25, 0.3) is 87.6 Å². The summed E-state index contributed by atoms with van der Waals surface area (Å²) in [7, 11) is 0. The molecule has 0 spiro atoms. The average molecular weight is 552 g/mol. The van der Waals surface area contributed by atoms with Crippen LogP contribution in [0.3, 0.4) is 0 Å². The first kappa shape index (κ1) is 19.5. The molecule has 9 rings (SSSR count). The number of hydrogen-bond acceptors (Lipinski definition) is 1. The Hall–Kier alpha value is -5.66. The minimum atomic E-state index is -0.417. The van der Waals surface area contributed by atoms with Crippen LogP contribution in [0.2, 0.25) is 0 Å². The summed E-state index contributed by atoms with van der Waals surface area (Å²) in [6.45, 7) is 0. The summed E-state index contributed by atoms with van der Waals surface area (Å²) in [6, 6.07) is 41.8. The molecule has 9 aromatic rings. The van der Waals surface area contributed by atoms with Crippen LogP contribution in [0.15, 0.2) is 162 Å². The molecule has 0 aliphatic heterocycles. The third-order valence-corrected chi connectivity index (χ3v) is 8.51. The molecule has 200 valence electrons. The summed E-state index contributed by atoms with van der Waals surface area (Å²) in [5.74, 6) is 0. The summed E-state index contributed by atoms with van der Waals surface area (Å²) < 4.78 is 49.5. The van der Waals surface area contributed by atoms with Gasteiger partial charge in [0.15, 0.2) is 0 Å². The first-order chi connectivity index (χ1) is 23.4. The molecule has 0 unspecified atom stereocenters. The predicted octanol–water partition coefficient (Wildman–Crippen LogP) is 12.0. The largest absolute Gasteiger partial charge is 0.456 e. The van der Waals surface area contributed by atoms with Gasteiger partial charge >= 0.3 is 0 Å². The standard InChI is InChI=1S/C42H26O/c1-2-13-28(14-3-1)37-25-31(26-39-42(37)36-20-10-11-21-38(36)43-39)41-34-18-8-6-16-32(34)40(33-17-7-9-19-35(33)41)30-23-22-27-12-4-5-15-29(27)24-30/h1-26H/i1D,2D,3D,13D,14D. The number of rotatable bonds is 3. The van der Waals surface area contributed by atoms with E-state index in [1.807, 2.05) is 48.5 Å². The van der Waals surface area contributed by atoms with E-state index in [0.29, 0.717) is 22.1 Å². The summed E-state index contributed by atoms with van der Waals surface area (Å²) >= 11 is 0. The molecule has 1 heteroatoms. The van der Waals surface area contributed by atoms with Gasteiger partial charge in [-0.25, -0.2) is 0 Å². The fourth-order valence-corrected chi connectivity index (χ4v) is 6.68. The second kappa shape index (κ2) is 9.44. The van der Waals surface area contributed by atoms with Crippen molar-refractivity contribution in [3.05, 3.63) is 158 Å². The van der Waals surface area contributed by atoms with Gasteiger partial charge in [0, 0.05) is 10.8 Å². The lowest BCUT2D eigenvalue weighted by atomic mass is 9.84. The molecule has 0 atom stereocenters. The van der Waals surface area contributed by atoms with E-state index in [2.05, 4.69) is 78.9 Å². The number of fused-ring (bicyclic) bond motifs is 6. The molecule has 0 aliphatic rings. The maximum absolute atomic E-state index is 8.92. The topological polar surface area (TPSA) is 13.1 Å². The molecule has 8 aromatic carbocycles. The highest BCUT2D eigenvalue weighted by molar-refractivity contribution is 6.23. The lowest BCUT2D eigenvalue weighted by Gasteiger charge is -2.18. The quantitative estimate of drug-likeness (QED) is 0.199. The highest BCUT2D eigenvalue weighted by Crippen LogP contribution is 2.47. The van der Waals surface area contributed by atoms with Crippen LogP contribution >= 0.6 is 0 Å². The van der Waals surface area contributed by atoms with Gasteiger partial charge in [-0.15, -0.1) is 0 Å². The molecule has 0 amide bonds. The first-order valence-electron chi connectivity index (χ1n) is 16.9. The Labute approximate surface area is 256 Å². The summed E-state index contributed by atoms with van der Waals surface area (Å²) in [6.07, 6.45) is 0. The van der Waals surface area contributed by atoms with Gasteiger partial charge in [-0.3, -0.25) is 0 Å². The van der Waals surface area contributed by atoms with Crippen LogP contribution in [-0.2, 0) is 0 Å². The Kier molecular flexibility index (Phi) is 4.27. The highest BCUT2D eigenvalue weighted by atomic mass is 16.3. The van der Waals surface area contributed by atoms with Gasteiger partial charge in [0.25, 0.3) is 0 Å². The van der Waals surface area contributed by atoms with Crippen molar-refractivity contribution in [2.45, 2.75) is 0 Å². The zero-order valence-electron chi connectivity index (χ0n) is 28.0. The van der Waals surface area contributed by atoms with Crippen LogP contribution in [0.1, 0.15) is 6.85 Å². The molecule has 0 aliphatic carbocycles. The van der Waals surface area contributed by atoms with Crippen molar-refractivity contribution in [3.63, 3.8) is 0 Å². The number of para-hydroxylation sites is 1. The summed E-state index contributed by atoms with van der Waals surface area (Å²) in [4.78, 5) is 0. The minimum Gasteiger partial charge on any atom is -0.456 e. The first-order valence-corrected chi connectivity index (χ1v) is 14.4. The predicted molar refractivity (Wildman–Crippen MR) is 183 cm³/mol. The van der Waals surface area contributed by atoms with E-state index < -0.39 is 6.04 Å². The van der Waals surface area contributed by atoms with E-state index in [9.17, 15) is 0 Å². The van der Waals surface area contributed by atoms with Gasteiger partial charge in [-0.1, -0.05) is 133 Å². The molecule has 1 nitrogen and oxygen atoms in total. The Morgan fingerprint density at radius 3 is 1.70 bits per heavy atom. The van der Waals surface area contributed by atoms with E-state index in [-0.39, 0.29) is 29.7 Å². The van der Waals surface area contributed by atoms with E-state index in [4.69, 9.17) is 11.3 Å². The molecular weight excluding hydrogens is 520 g/mol. The van der Waals surface area contributed by atoms with E-state index in [1.54, 1.807) is 0 Å². The van der Waals surface area contributed by atoms with Crippen molar-refractivity contribution in [1.82, 2.24) is 0 Å². The van der Waals surface area contributed by atoms with Crippen LogP contribution in [0.4, 0.5) is 0 Å². The van der Waals surface area contributed by atoms with Crippen molar-refractivity contribution < 1.29 is 11.3 Å². The minimum absolute atomic E-state index is 0.154. The molecular formula is C42H26O. The van der Waals surface area contributed by atoms with Gasteiger partial charge in [-0.05, 0) is 90.0 Å². The summed E-state index contributed by atoms with van der Waals surface area (Å²) in [5, 5.41) is 8.17. The van der Waals surface area contributed by atoms with E-state index in [1.165, 1.54) is 10.8 Å². The Bertz CT molecular complexity index is 2710. The Balaban J connectivity index is 1.43. The fourth-order valence-electron chi connectivity index (χ4n) is 6.68. The SMILES string of the molecule is [2H]c1c([2H])c([2H])c(-c2cc(-c3c4ccccc4c(-c4ccc5ccccc5c4)c4ccccc34)cc3oc4ccccc4c23)c([2H])c1[2H]. The number of benzene rings is 8. The second-order valence-electron chi connectivity index (χ2n) is 10.9. The molecule has 0 saturated heterocycles. The highest BCUT2D eigenvalue weighted by Gasteiger charge is 2.20. The van der Waals surface area contributed by atoms with E-state index >= 15 is 0 Å². The molecule has 0 radical (unpaired) electrons. The van der Waals surface area contributed by atoms with Crippen LogP contribution in [0.5, 0.6) is 0 Å². The smallest absolute Gasteiger partial charge is 0.136 e. The Morgan fingerprint density at radius 1 is 0.419 bits per heavy atom. The lowest BCUT2D eigenvalue weighted by molar-refractivity contribution is 0.669. The zero-order chi connectivity index (χ0) is 32.7. The molecule has 0 bridgehead atoms. The normalized spacial score (nSPS) is 13.3. The van der Waals surface area contributed by atoms with Crippen molar-refractivity contribution in [2.75, 3.05) is 0 Å². The number of furan rings is 1. The fraction of sp³-hybridized carbons (Fsp3) is 0. The molecule has 0 N–H and O–H groups in total. The third-order valence-electron chi connectivity index (χ3n) is 8.51. The zero-order valence-corrected chi connectivity index (χ0v) is 23.0. The maximum atomic E-state index is 8.92. The monoisotopic (exact) mass is 551 g/mol. The average Bonchev–Trinajstić information content (AvgIpc) is 3.50.